The molecule has 2 heterocycles. The molecule has 1 aliphatic heterocycles. The molecule has 1 aromatic heterocycles. The average molecular weight is 440 g/mol. The van der Waals surface area contributed by atoms with E-state index in [0.29, 0.717) is 34.5 Å². The minimum Gasteiger partial charge on any atom is -0.455 e. The third-order valence-corrected chi connectivity index (χ3v) is 5.23. The lowest BCUT2D eigenvalue weighted by molar-refractivity contribution is -0.242. The lowest BCUT2D eigenvalue weighted by atomic mass is 9.82. The minimum atomic E-state index is -0.716. The Morgan fingerprint density at radius 3 is 2.69 bits per heavy atom. The van der Waals surface area contributed by atoms with Crippen LogP contribution in [0.5, 0.6) is 0 Å². The highest BCUT2D eigenvalue weighted by Gasteiger charge is 2.44. The van der Waals surface area contributed by atoms with Gasteiger partial charge in [-0.25, -0.2) is 9.67 Å². The van der Waals surface area contributed by atoms with Gasteiger partial charge >= 0.3 is 5.97 Å². The van der Waals surface area contributed by atoms with Crippen LogP contribution in [0.2, 0.25) is 10.0 Å². The number of carbonyl (C=O) groups excluding carboxylic acids is 1. The maximum absolute atomic E-state index is 12.0. The molecular weight excluding hydrogens is 417 g/mol. The zero-order valence-electron chi connectivity index (χ0n) is 16.5. The van der Waals surface area contributed by atoms with Crippen LogP contribution in [0.15, 0.2) is 30.9 Å². The van der Waals surface area contributed by atoms with E-state index in [0.717, 1.165) is 6.42 Å². The van der Waals surface area contributed by atoms with Crippen LogP contribution < -0.4 is 0 Å². The van der Waals surface area contributed by atoms with E-state index >= 15 is 0 Å². The SMILES string of the molecule is CCC1OCC(C)(C(OC(C)=O)C(=Cc2ccc(Cl)cc2Cl)n2cncn2)CO1. The van der Waals surface area contributed by atoms with E-state index in [9.17, 15) is 4.79 Å². The zero-order chi connectivity index (χ0) is 21.0. The van der Waals surface area contributed by atoms with Crippen molar-refractivity contribution in [1.82, 2.24) is 14.8 Å². The summed E-state index contributed by atoms with van der Waals surface area (Å²) >= 11 is 12.4. The fourth-order valence-corrected chi connectivity index (χ4v) is 3.61. The van der Waals surface area contributed by atoms with Gasteiger partial charge in [0.1, 0.15) is 12.7 Å². The predicted molar refractivity (Wildman–Crippen MR) is 110 cm³/mol. The summed E-state index contributed by atoms with van der Waals surface area (Å²) in [6, 6.07) is 5.17. The molecular formula is C20H23Cl2N3O4. The zero-order valence-corrected chi connectivity index (χ0v) is 18.0. The quantitative estimate of drug-likeness (QED) is 0.624. The molecule has 2 aromatic rings. The van der Waals surface area contributed by atoms with Gasteiger partial charge < -0.3 is 14.2 Å². The number of carbonyl (C=O) groups is 1. The van der Waals surface area contributed by atoms with Gasteiger partial charge in [0.2, 0.25) is 0 Å². The molecule has 1 saturated heterocycles. The highest BCUT2D eigenvalue weighted by Crippen LogP contribution is 2.37. The molecule has 1 atom stereocenters. The third kappa shape index (κ3) is 5.17. The van der Waals surface area contributed by atoms with Gasteiger partial charge in [0, 0.05) is 17.0 Å². The van der Waals surface area contributed by atoms with Gasteiger partial charge in [-0.05, 0) is 30.2 Å². The maximum atomic E-state index is 12.0. The molecule has 0 amide bonds. The van der Waals surface area contributed by atoms with Crippen LogP contribution in [0.25, 0.3) is 11.8 Å². The summed E-state index contributed by atoms with van der Waals surface area (Å²) in [5, 5.41) is 5.23. The fourth-order valence-electron chi connectivity index (χ4n) is 3.15. The number of hydrogen-bond acceptors (Lipinski definition) is 6. The maximum Gasteiger partial charge on any atom is 0.303 e. The first-order valence-electron chi connectivity index (χ1n) is 9.24. The van der Waals surface area contributed by atoms with E-state index in [2.05, 4.69) is 10.1 Å². The molecule has 0 spiro atoms. The number of nitrogens with zero attached hydrogens (tertiary/aromatic N) is 3. The molecule has 0 radical (unpaired) electrons. The van der Waals surface area contributed by atoms with Crippen molar-refractivity contribution >= 4 is 40.9 Å². The summed E-state index contributed by atoms with van der Waals surface area (Å²) in [7, 11) is 0. The molecule has 1 fully saturated rings. The summed E-state index contributed by atoms with van der Waals surface area (Å²) in [6.07, 6.45) is 4.50. The lowest BCUT2D eigenvalue weighted by Gasteiger charge is -2.42. The number of rotatable bonds is 6. The Labute approximate surface area is 179 Å². The molecule has 0 bridgehead atoms. The third-order valence-electron chi connectivity index (χ3n) is 4.67. The number of esters is 1. The fraction of sp³-hybridized carbons (Fsp3) is 0.450. The van der Waals surface area contributed by atoms with E-state index < -0.39 is 17.5 Å². The molecule has 0 N–H and O–H groups in total. The van der Waals surface area contributed by atoms with Crippen LogP contribution in [-0.4, -0.2) is 46.3 Å². The van der Waals surface area contributed by atoms with Gasteiger partial charge in [-0.15, -0.1) is 0 Å². The standard InChI is InChI=1S/C20H23Cl2N3O4/c1-4-18-27-9-20(3,10-28-18)19(29-13(2)26)17(25-12-23-11-24-25)7-14-5-6-15(21)8-16(14)22/h5-8,11-12,18-19H,4,9-10H2,1-3H3. The van der Waals surface area contributed by atoms with Gasteiger partial charge in [0.15, 0.2) is 12.4 Å². The van der Waals surface area contributed by atoms with E-state index in [1.165, 1.54) is 19.6 Å². The van der Waals surface area contributed by atoms with Crippen molar-refractivity contribution in [2.75, 3.05) is 13.2 Å². The molecule has 7 nitrogen and oxygen atoms in total. The summed E-state index contributed by atoms with van der Waals surface area (Å²) in [5.74, 6) is -0.429. The van der Waals surface area contributed by atoms with Crippen LogP contribution >= 0.6 is 23.2 Å². The molecule has 1 unspecified atom stereocenters. The normalized spacial score (nSPS) is 23.6. The van der Waals surface area contributed by atoms with Crippen LogP contribution in [-0.2, 0) is 19.0 Å². The highest BCUT2D eigenvalue weighted by atomic mass is 35.5. The van der Waals surface area contributed by atoms with E-state index in [1.807, 2.05) is 13.8 Å². The average Bonchev–Trinajstić information content (AvgIpc) is 3.21. The first-order chi connectivity index (χ1) is 13.8. The number of halogens is 2. The Hall–Kier alpha value is -1.93. The van der Waals surface area contributed by atoms with Gasteiger partial charge in [-0.2, -0.15) is 5.10 Å². The Balaban J connectivity index is 2.07. The van der Waals surface area contributed by atoms with E-state index in [-0.39, 0.29) is 6.29 Å². The van der Waals surface area contributed by atoms with Crippen molar-refractivity contribution in [2.24, 2.45) is 5.41 Å². The Bertz CT molecular complexity index is 878. The molecule has 156 valence electrons. The predicted octanol–water partition coefficient (Wildman–Crippen LogP) is 4.30. The van der Waals surface area contributed by atoms with E-state index in [4.69, 9.17) is 37.4 Å². The van der Waals surface area contributed by atoms with Crippen LogP contribution in [0.4, 0.5) is 0 Å². The number of benzene rings is 1. The molecule has 0 aliphatic carbocycles. The first-order valence-corrected chi connectivity index (χ1v) is 10.00. The van der Waals surface area contributed by atoms with Crippen molar-refractivity contribution in [3.8, 4) is 0 Å². The number of hydrogen-bond donors (Lipinski definition) is 0. The lowest BCUT2D eigenvalue weighted by Crippen LogP contribution is -2.49. The highest BCUT2D eigenvalue weighted by molar-refractivity contribution is 6.35. The number of aromatic nitrogens is 3. The Morgan fingerprint density at radius 1 is 1.41 bits per heavy atom. The second-order valence-electron chi connectivity index (χ2n) is 7.18. The second-order valence-corrected chi connectivity index (χ2v) is 8.02. The van der Waals surface area contributed by atoms with Crippen LogP contribution in [0, 0.1) is 5.41 Å². The van der Waals surface area contributed by atoms with Gasteiger partial charge in [0.05, 0.1) is 24.3 Å². The minimum absolute atomic E-state index is 0.273. The number of ether oxygens (including phenoxy) is 3. The van der Waals surface area contributed by atoms with Crippen LogP contribution in [0.1, 0.15) is 32.8 Å². The van der Waals surface area contributed by atoms with Crippen molar-refractivity contribution < 1.29 is 19.0 Å². The first kappa shape index (κ1) is 21.8. The van der Waals surface area contributed by atoms with Crippen molar-refractivity contribution in [3.63, 3.8) is 0 Å². The molecule has 29 heavy (non-hydrogen) atoms. The Kier molecular flexibility index (Phi) is 6.95. The molecule has 0 saturated carbocycles. The monoisotopic (exact) mass is 439 g/mol. The van der Waals surface area contributed by atoms with Crippen LogP contribution in [0.3, 0.4) is 0 Å². The second kappa shape index (κ2) is 9.26. The molecule has 9 heteroatoms. The smallest absolute Gasteiger partial charge is 0.303 e. The Morgan fingerprint density at radius 2 is 2.14 bits per heavy atom. The molecule has 3 rings (SSSR count). The summed E-state index contributed by atoms with van der Waals surface area (Å²) < 4.78 is 19.0. The van der Waals surface area contributed by atoms with Crippen molar-refractivity contribution in [1.29, 1.82) is 0 Å². The van der Waals surface area contributed by atoms with Crippen molar-refractivity contribution in [2.45, 2.75) is 39.6 Å². The molecule has 1 aliphatic rings. The van der Waals surface area contributed by atoms with E-state index in [1.54, 1.807) is 29.0 Å². The van der Waals surface area contributed by atoms with Crippen molar-refractivity contribution in [3.05, 3.63) is 46.5 Å². The summed E-state index contributed by atoms with van der Waals surface area (Å²) in [5.41, 5.74) is 0.631. The largest absolute Gasteiger partial charge is 0.455 e. The summed E-state index contributed by atoms with van der Waals surface area (Å²) in [4.78, 5) is 16.0. The van der Waals surface area contributed by atoms with Gasteiger partial charge in [-0.3, -0.25) is 4.79 Å². The topological polar surface area (TPSA) is 75.5 Å². The molecule has 1 aromatic carbocycles. The van der Waals surface area contributed by atoms with Gasteiger partial charge in [0.25, 0.3) is 0 Å². The van der Waals surface area contributed by atoms with Gasteiger partial charge in [-0.1, -0.05) is 43.1 Å². The summed E-state index contributed by atoms with van der Waals surface area (Å²) in [6.45, 7) is 6.00.